The first-order valence-electron chi connectivity index (χ1n) is 9.46. The number of ether oxygens (including phenoxy) is 1. The quantitative estimate of drug-likeness (QED) is 0.759. The normalized spacial score (nSPS) is 15.0. The fraction of sp³-hybridized carbons (Fsp3) is 0.304. The molecular formula is C23H25FN2O3. The fourth-order valence-electron chi connectivity index (χ4n) is 3.27. The van der Waals surface area contributed by atoms with Gasteiger partial charge in [-0.05, 0) is 35.2 Å². The van der Waals surface area contributed by atoms with Crippen LogP contribution >= 0.6 is 0 Å². The molecule has 1 fully saturated rings. The summed E-state index contributed by atoms with van der Waals surface area (Å²) in [6, 6.07) is 9.56. The number of urea groups is 1. The Balaban J connectivity index is 2.09. The van der Waals surface area contributed by atoms with Crippen LogP contribution < -0.4 is 15.0 Å². The van der Waals surface area contributed by atoms with E-state index in [0.717, 1.165) is 16.7 Å². The molecule has 0 spiro atoms. The van der Waals surface area contributed by atoms with Gasteiger partial charge in [-0.1, -0.05) is 45.1 Å². The summed E-state index contributed by atoms with van der Waals surface area (Å²) in [6.07, 6.45) is 4.01. The second-order valence-corrected chi connectivity index (χ2v) is 8.01. The molecule has 152 valence electrons. The van der Waals surface area contributed by atoms with E-state index in [9.17, 15) is 14.0 Å². The van der Waals surface area contributed by atoms with E-state index >= 15 is 0 Å². The van der Waals surface area contributed by atoms with Gasteiger partial charge in [0.05, 0.1) is 7.11 Å². The van der Waals surface area contributed by atoms with Crippen LogP contribution in [0.1, 0.15) is 43.9 Å². The zero-order valence-corrected chi connectivity index (χ0v) is 17.1. The molecule has 1 aliphatic heterocycles. The van der Waals surface area contributed by atoms with Crippen molar-refractivity contribution in [1.29, 1.82) is 0 Å². The minimum absolute atomic E-state index is 0.234. The summed E-state index contributed by atoms with van der Waals surface area (Å²) < 4.78 is 18.9. The van der Waals surface area contributed by atoms with Crippen LogP contribution in [0.5, 0.6) is 5.75 Å². The van der Waals surface area contributed by atoms with Gasteiger partial charge in [0.25, 0.3) is 0 Å². The second kappa shape index (κ2) is 8.07. The van der Waals surface area contributed by atoms with Crippen LogP contribution in [-0.4, -0.2) is 25.6 Å². The summed E-state index contributed by atoms with van der Waals surface area (Å²) in [5.41, 5.74) is 3.05. The molecule has 0 aromatic heterocycles. The number of carbonyl (C=O) groups excluding carboxylic acids is 2. The number of carbonyl (C=O) groups is 2. The number of nitrogens with one attached hydrogen (secondary N) is 1. The Labute approximate surface area is 170 Å². The van der Waals surface area contributed by atoms with Crippen molar-refractivity contribution < 1.29 is 18.7 Å². The largest absolute Gasteiger partial charge is 0.496 e. The number of amides is 3. The first kappa shape index (κ1) is 20.6. The van der Waals surface area contributed by atoms with Crippen LogP contribution in [0.25, 0.3) is 12.2 Å². The molecule has 2 aromatic carbocycles. The molecule has 0 bridgehead atoms. The van der Waals surface area contributed by atoms with E-state index in [1.165, 1.54) is 12.1 Å². The maximum Gasteiger partial charge on any atom is 0.328 e. The molecule has 0 atom stereocenters. The average Bonchev–Trinajstić information content (AvgIpc) is 2.66. The van der Waals surface area contributed by atoms with Gasteiger partial charge in [0.2, 0.25) is 5.91 Å². The van der Waals surface area contributed by atoms with Crippen molar-refractivity contribution in [2.75, 3.05) is 18.6 Å². The van der Waals surface area contributed by atoms with E-state index in [0.29, 0.717) is 18.0 Å². The van der Waals surface area contributed by atoms with Crippen molar-refractivity contribution in [3.05, 3.63) is 58.9 Å². The highest BCUT2D eigenvalue weighted by molar-refractivity contribution is 6.05. The summed E-state index contributed by atoms with van der Waals surface area (Å²) >= 11 is 0. The monoisotopic (exact) mass is 396 g/mol. The van der Waals surface area contributed by atoms with Crippen LogP contribution in [-0.2, 0) is 10.2 Å². The first-order valence-corrected chi connectivity index (χ1v) is 9.46. The highest BCUT2D eigenvalue weighted by atomic mass is 19.1. The lowest BCUT2D eigenvalue weighted by Crippen LogP contribution is -2.49. The molecule has 29 heavy (non-hydrogen) atoms. The van der Waals surface area contributed by atoms with Gasteiger partial charge in [-0.15, -0.1) is 0 Å². The minimum Gasteiger partial charge on any atom is -0.496 e. The SMILES string of the molecule is COc1c(/C=C/c2ccc(F)cc2)cc(N2CCC(=O)NC2=O)cc1C(C)(C)C. The molecule has 0 saturated carbocycles. The number of rotatable bonds is 4. The van der Waals surface area contributed by atoms with Crippen molar-refractivity contribution in [2.45, 2.75) is 32.6 Å². The Hall–Kier alpha value is -3.15. The zero-order valence-electron chi connectivity index (χ0n) is 17.1. The number of imide groups is 1. The van der Waals surface area contributed by atoms with E-state index < -0.39 is 6.03 Å². The topological polar surface area (TPSA) is 58.6 Å². The maximum atomic E-state index is 13.2. The lowest BCUT2D eigenvalue weighted by Gasteiger charge is -2.30. The number of hydrogen-bond acceptors (Lipinski definition) is 3. The molecule has 0 radical (unpaired) electrons. The van der Waals surface area contributed by atoms with Crippen LogP contribution in [0.4, 0.5) is 14.9 Å². The third-order valence-corrected chi connectivity index (χ3v) is 4.81. The predicted octanol–water partition coefficient (Wildman–Crippen LogP) is 4.75. The summed E-state index contributed by atoms with van der Waals surface area (Å²) in [5, 5.41) is 2.36. The number of halogens is 1. The maximum absolute atomic E-state index is 13.2. The lowest BCUT2D eigenvalue weighted by atomic mass is 9.84. The molecule has 0 aliphatic carbocycles. The van der Waals surface area contributed by atoms with E-state index in [4.69, 9.17) is 4.74 Å². The van der Waals surface area contributed by atoms with Crippen molar-refractivity contribution in [3.63, 3.8) is 0 Å². The molecule has 1 aliphatic rings. The summed E-state index contributed by atoms with van der Waals surface area (Å²) in [5.74, 6) is 0.155. The molecule has 0 unspecified atom stereocenters. The predicted molar refractivity (Wildman–Crippen MR) is 113 cm³/mol. The Kier molecular flexibility index (Phi) is 5.73. The van der Waals surface area contributed by atoms with Gasteiger partial charge < -0.3 is 4.74 Å². The lowest BCUT2D eigenvalue weighted by molar-refractivity contribution is -0.120. The molecule has 3 amide bonds. The van der Waals surface area contributed by atoms with E-state index in [2.05, 4.69) is 26.1 Å². The zero-order chi connectivity index (χ0) is 21.2. The highest BCUT2D eigenvalue weighted by Gasteiger charge is 2.28. The fourth-order valence-corrected chi connectivity index (χ4v) is 3.27. The minimum atomic E-state index is -0.431. The number of anilines is 1. The van der Waals surface area contributed by atoms with Gasteiger partial charge in [0.1, 0.15) is 11.6 Å². The van der Waals surface area contributed by atoms with Gasteiger partial charge in [-0.3, -0.25) is 15.0 Å². The smallest absolute Gasteiger partial charge is 0.328 e. The van der Waals surface area contributed by atoms with Gasteiger partial charge in [0, 0.05) is 29.8 Å². The molecule has 5 nitrogen and oxygen atoms in total. The highest BCUT2D eigenvalue weighted by Crippen LogP contribution is 2.39. The van der Waals surface area contributed by atoms with Gasteiger partial charge in [-0.25, -0.2) is 9.18 Å². The van der Waals surface area contributed by atoms with Crippen molar-refractivity contribution in [1.82, 2.24) is 5.32 Å². The van der Waals surface area contributed by atoms with Crippen molar-refractivity contribution in [3.8, 4) is 5.75 Å². The number of methoxy groups -OCH3 is 1. The molecule has 6 heteroatoms. The standard InChI is InChI=1S/C23H25FN2O3/c1-23(2,3)19-14-18(26-12-11-20(27)25-22(26)28)13-16(21(19)29-4)8-5-15-6-9-17(24)10-7-15/h5-10,13-14H,11-12H2,1-4H3,(H,25,27,28)/b8-5+. The molecule has 1 heterocycles. The molecular weight excluding hydrogens is 371 g/mol. The van der Waals surface area contributed by atoms with Crippen LogP contribution in [0, 0.1) is 5.82 Å². The van der Waals surface area contributed by atoms with Gasteiger partial charge >= 0.3 is 6.03 Å². The third kappa shape index (κ3) is 4.65. The van der Waals surface area contributed by atoms with Crippen molar-refractivity contribution >= 4 is 29.8 Å². The Bertz CT molecular complexity index is 959. The first-order chi connectivity index (χ1) is 13.7. The molecule has 3 rings (SSSR count). The Morgan fingerprint density at radius 2 is 1.79 bits per heavy atom. The van der Waals surface area contributed by atoms with E-state index in [-0.39, 0.29) is 23.6 Å². The molecule has 2 aromatic rings. The van der Waals surface area contributed by atoms with Gasteiger partial charge in [-0.2, -0.15) is 0 Å². The Morgan fingerprint density at radius 1 is 1.10 bits per heavy atom. The Morgan fingerprint density at radius 3 is 2.38 bits per heavy atom. The third-order valence-electron chi connectivity index (χ3n) is 4.81. The average molecular weight is 396 g/mol. The summed E-state index contributed by atoms with van der Waals surface area (Å²) in [4.78, 5) is 25.4. The summed E-state index contributed by atoms with van der Waals surface area (Å²) in [6.45, 7) is 6.54. The van der Waals surface area contributed by atoms with Crippen LogP contribution in [0.15, 0.2) is 36.4 Å². The number of nitrogens with zero attached hydrogens (tertiary/aromatic N) is 1. The van der Waals surface area contributed by atoms with Crippen molar-refractivity contribution in [2.24, 2.45) is 0 Å². The van der Waals surface area contributed by atoms with Crippen LogP contribution in [0.3, 0.4) is 0 Å². The molecule has 1 N–H and O–H groups in total. The number of hydrogen-bond donors (Lipinski definition) is 1. The number of benzene rings is 2. The van der Waals surface area contributed by atoms with E-state index in [1.807, 2.05) is 24.3 Å². The second-order valence-electron chi connectivity index (χ2n) is 8.01. The van der Waals surface area contributed by atoms with Gasteiger partial charge in [0.15, 0.2) is 0 Å². The molecule has 1 saturated heterocycles. The van der Waals surface area contributed by atoms with Crippen LogP contribution in [0.2, 0.25) is 0 Å². The summed E-state index contributed by atoms with van der Waals surface area (Å²) in [7, 11) is 1.62. The van der Waals surface area contributed by atoms with E-state index in [1.54, 1.807) is 24.1 Å².